The number of nitrogens with zero attached hydrogens (tertiary/aromatic N) is 4. The van der Waals surface area contributed by atoms with Crippen LogP contribution in [0.5, 0.6) is 0 Å². The van der Waals surface area contributed by atoms with Crippen LogP contribution in [0.3, 0.4) is 0 Å². The summed E-state index contributed by atoms with van der Waals surface area (Å²) in [5.74, 6) is -4.69. The second-order valence-electron chi connectivity index (χ2n) is 23.2. The number of esters is 4. The van der Waals surface area contributed by atoms with Gasteiger partial charge in [0.15, 0.2) is 53.5 Å². The van der Waals surface area contributed by atoms with Crippen LogP contribution >= 0.6 is 14.5 Å². The zero-order valence-corrected chi connectivity index (χ0v) is 54.3. The summed E-state index contributed by atoms with van der Waals surface area (Å²) in [6.07, 6.45) is 3.13. The topological polar surface area (TPSA) is 283 Å². The number of halogens is 1. The zero-order chi connectivity index (χ0) is 64.5. The van der Waals surface area contributed by atoms with Crippen LogP contribution in [0, 0.1) is 0 Å². The van der Waals surface area contributed by atoms with E-state index < -0.39 is 124 Å². The number of hydrogen-bond acceptors (Lipinski definition) is 21. The Labute approximate surface area is 529 Å². The van der Waals surface area contributed by atoms with Gasteiger partial charge in [-0.05, 0) is 48.8 Å². The molecule has 3 aliphatic rings. The van der Waals surface area contributed by atoms with Gasteiger partial charge in [-0.2, -0.15) is 0 Å². The molecule has 0 bridgehead atoms. The van der Waals surface area contributed by atoms with E-state index in [2.05, 4.69) is 17.2 Å². The van der Waals surface area contributed by atoms with Crippen molar-refractivity contribution in [2.45, 2.75) is 217 Å². The molecule has 27 heteroatoms. The molecular weight excluding hydrogens is 1230 g/mol. The Kier molecular flexibility index (Phi) is 25.6. The molecule has 8 rings (SSSR count). The Morgan fingerprint density at radius 2 is 1.20 bits per heavy atom. The lowest BCUT2D eigenvalue weighted by molar-refractivity contribution is -0.296. The first-order valence-electron chi connectivity index (χ1n) is 30.9. The first-order valence-corrected chi connectivity index (χ1v) is 35.0. The predicted octanol–water partition coefficient (Wildman–Crippen LogP) is 11.7. The van der Waals surface area contributed by atoms with E-state index in [1.165, 1.54) is 70.4 Å². The fraction of sp³-hybridized carbons (Fsp3) is 0.571. The molecule has 0 aliphatic carbocycles. The summed E-state index contributed by atoms with van der Waals surface area (Å²) in [5.41, 5.74) is 2.48. The summed E-state index contributed by atoms with van der Waals surface area (Å²) in [4.78, 5) is 87.4. The van der Waals surface area contributed by atoms with Crippen molar-refractivity contribution >= 4 is 67.2 Å². The monoisotopic (exact) mass is 1310 g/mol. The average molecular weight is 1310 g/mol. The van der Waals surface area contributed by atoms with Gasteiger partial charge in [0.05, 0.1) is 12.9 Å². The highest BCUT2D eigenvalue weighted by Crippen LogP contribution is 2.62. The first kappa shape index (κ1) is 70.2. The van der Waals surface area contributed by atoms with E-state index in [0.29, 0.717) is 23.4 Å². The van der Waals surface area contributed by atoms with Crippen molar-refractivity contribution in [2.75, 3.05) is 18.5 Å². The number of imidazole rings is 1. The van der Waals surface area contributed by atoms with Gasteiger partial charge in [-0.3, -0.25) is 28.3 Å². The fourth-order valence-corrected chi connectivity index (χ4v) is 14.8. The molecule has 0 spiro atoms. The molecule has 5 heterocycles. The molecule has 3 N–H and O–H groups in total. The van der Waals surface area contributed by atoms with E-state index in [0.717, 1.165) is 69.6 Å². The third-order valence-corrected chi connectivity index (χ3v) is 19.2. The van der Waals surface area contributed by atoms with E-state index in [1.807, 2.05) is 91.0 Å². The van der Waals surface area contributed by atoms with Crippen LogP contribution in [0.1, 0.15) is 167 Å². The minimum absolute atomic E-state index is 0.0218. The van der Waals surface area contributed by atoms with Crippen LogP contribution in [0.25, 0.3) is 11.2 Å². The van der Waals surface area contributed by atoms with Crippen LogP contribution in [0.4, 0.5) is 10.2 Å². The number of nitrogens with one attached hydrogen (secondary N) is 1. The molecule has 0 radical (unpaired) electrons. The quantitative estimate of drug-likeness (QED) is 0.0112. The number of phosphoric ester groups is 1. The Balaban J connectivity index is 0.919. The molecule has 3 aliphatic heterocycles. The van der Waals surface area contributed by atoms with E-state index >= 15 is 4.39 Å². The van der Waals surface area contributed by atoms with E-state index in [9.17, 15) is 33.5 Å². The Morgan fingerprint density at radius 3 is 1.73 bits per heavy atom. The van der Waals surface area contributed by atoms with Crippen LogP contribution in [0.2, 0.25) is 0 Å². The lowest BCUT2D eigenvalue weighted by atomic mass is 9.77. The van der Waals surface area contributed by atoms with Crippen molar-refractivity contribution in [3.05, 3.63) is 120 Å². The highest BCUT2D eigenvalue weighted by molar-refractivity contribution is 8.08. The second kappa shape index (κ2) is 32.8. The Hall–Kier alpha value is -5.66. The summed E-state index contributed by atoms with van der Waals surface area (Å²) >= 11 is 5.24. The minimum Gasteiger partial charge on any atom is -0.462 e. The molecule has 492 valence electrons. The maximum absolute atomic E-state index is 16.5. The van der Waals surface area contributed by atoms with E-state index in [4.69, 9.17) is 73.0 Å². The number of alkyl halides is 1. The van der Waals surface area contributed by atoms with Gasteiger partial charge in [0.1, 0.15) is 42.9 Å². The van der Waals surface area contributed by atoms with Gasteiger partial charge in [0.25, 0.3) is 0 Å². The fourth-order valence-electron chi connectivity index (χ4n) is 11.7. The molecule has 12 atom stereocenters. The highest BCUT2D eigenvalue weighted by Gasteiger charge is 2.59. The summed E-state index contributed by atoms with van der Waals surface area (Å²) in [6.45, 7) is 1.91. The third kappa shape index (κ3) is 19.0. The second-order valence-corrected chi connectivity index (χ2v) is 27.5. The van der Waals surface area contributed by atoms with Crippen molar-refractivity contribution in [1.29, 1.82) is 0 Å². The van der Waals surface area contributed by atoms with Crippen molar-refractivity contribution < 1.29 is 89.2 Å². The van der Waals surface area contributed by atoms with Crippen molar-refractivity contribution in [3.8, 4) is 0 Å². The summed E-state index contributed by atoms with van der Waals surface area (Å²) in [6, 6.07) is 29.8. The maximum Gasteiger partial charge on any atom is 0.481 e. The highest BCUT2D eigenvalue weighted by atomic mass is 32.5. The summed E-state index contributed by atoms with van der Waals surface area (Å²) in [5, 5.41) is 3.75. The van der Waals surface area contributed by atoms with Gasteiger partial charge in [-0.1, -0.05) is 188 Å². The predicted molar refractivity (Wildman–Crippen MR) is 331 cm³/mol. The van der Waals surface area contributed by atoms with Gasteiger partial charge in [-0.25, -0.2) is 28.2 Å². The first-order chi connectivity index (χ1) is 43.1. The average Bonchev–Trinajstić information content (AvgIpc) is 1.34. The van der Waals surface area contributed by atoms with Crippen molar-refractivity contribution in [1.82, 2.24) is 19.5 Å². The van der Waals surface area contributed by atoms with Crippen LogP contribution in [-0.4, -0.2) is 127 Å². The van der Waals surface area contributed by atoms with Gasteiger partial charge in [0.2, 0.25) is 6.29 Å². The number of rotatable bonds is 35. The van der Waals surface area contributed by atoms with Crippen LogP contribution < -0.4 is 5.32 Å². The number of carbonyl (C=O) groups is 4. The standard InChI is InChI=1S/C63H84FN5O18P2S/c1-7-8-9-10-11-12-13-14-15-16-17-18-19-20-30-37-50(73)77-38-48(64)52-54(79-42(2)70)55(80-43(3)71)57(81-44(4)72)61(83-52)86-88(74,75)87-89(76,90)78-39-49-53-56(85-62(5,6)84-53)60(82-49)69-41-67-51-58(65-40-66-59(51)69)68-63(45-31-24-21-25-32-45,46-33-26-22-27-34-46)47-35-28-23-29-36-47/h21-29,31-36,40-41,48-49,52-57,60-61H,7-20,30,37-39H2,1-6H3,(H,74,75)(H,76,90)(H,65,66,68)/t48-,49+,52+,53+,54+,55-,56+,57-,60+,61-,89?/m0/s1. The molecule has 3 saturated heterocycles. The summed E-state index contributed by atoms with van der Waals surface area (Å²) in [7, 11) is -5.79. The molecule has 23 nitrogen and oxygen atoms in total. The summed E-state index contributed by atoms with van der Waals surface area (Å²) < 4.78 is 94.6. The minimum atomic E-state index is -5.79. The lowest BCUT2D eigenvalue weighted by Crippen LogP contribution is -2.64. The molecule has 3 fully saturated rings. The van der Waals surface area contributed by atoms with Crippen LogP contribution in [-0.2, 0) is 92.3 Å². The number of aromatic nitrogens is 4. The van der Waals surface area contributed by atoms with Crippen molar-refractivity contribution in [3.63, 3.8) is 0 Å². The number of phosphoric acid groups is 1. The largest absolute Gasteiger partial charge is 0.481 e. The molecular formula is C63H84FN5O18P2S. The lowest BCUT2D eigenvalue weighted by Gasteiger charge is -2.45. The van der Waals surface area contributed by atoms with Crippen LogP contribution in [0.15, 0.2) is 104 Å². The van der Waals surface area contributed by atoms with Gasteiger partial charge in [-0.15, -0.1) is 0 Å². The molecule has 3 aromatic carbocycles. The number of anilines is 1. The number of fused-ring (bicyclic) bond motifs is 2. The molecule has 2 aromatic heterocycles. The van der Waals surface area contributed by atoms with E-state index in [1.54, 1.807) is 18.4 Å². The smallest absolute Gasteiger partial charge is 0.462 e. The van der Waals surface area contributed by atoms with Gasteiger partial charge < -0.3 is 57.5 Å². The molecule has 0 saturated carbocycles. The number of unbranched alkanes of at least 4 members (excludes halogenated alkanes) is 14. The zero-order valence-electron chi connectivity index (χ0n) is 51.7. The number of ether oxygens (including phenoxy) is 8. The molecule has 5 aromatic rings. The number of carbonyl (C=O) groups excluding carboxylic acids is 4. The van der Waals surface area contributed by atoms with Gasteiger partial charge >= 0.3 is 38.4 Å². The maximum atomic E-state index is 16.5. The Morgan fingerprint density at radius 1 is 0.700 bits per heavy atom. The molecule has 2 unspecified atom stereocenters. The van der Waals surface area contributed by atoms with E-state index in [-0.39, 0.29) is 6.42 Å². The number of benzene rings is 3. The normalized spacial score (nSPS) is 23.9. The number of hydrogen-bond donors (Lipinski definition) is 3. The molecule has 0 amide bonds. The third-order valence-electron chi connectivity index (χ3n) is 15.7. The SMILES string of the molecule is CCCCCCCCCCCCCCCCCC(=O)OC[C@H](F)[C@H]1O[C@@H](OP(=O)(O)OP(O)(=S)OC[C@H]2O[C@@H](n3cnc4c(NC(c5ccccc5)(c5ccccc5)c5ccccc5)ncnc43)[C@@H]3OC(C)(C)O[C@@H]32)[C@@H](OC(C)=O)[C@@H](OC(C)=O)[C@@H]1OC(C)=O. The molecule has 90 heavy (non-hydrogen) atoms. The Bertz CT molecular complexity index is 3130. The van der Waals surface area contributed by atoms with Crippen molar-refractivity contribution in [2.24, 2.45) is 0 Å². The van der Waals surface area contributed by atoms with Gasteiger partial charge in [0, 0.05) is 27.2 Å².